The minimum Gasteiger partial charge on any atom is -0.421 e. The Morgan fingerprint density at radius 3 is 2.63 bits per heavy atom. The van der Waals surface area contributed by atoms with Crippen LogP contribution in [0.3, 0.4) is 0 Å². The monoisotopic (exact) mass is 395 g/mol. The van der Waals surface area contributed by atoms with Gasteiger partial charge >= 0.3 is 6.18 Å². The Labute approximate surface area is 157 Å². The molecule has 0 radical (unpaired) electrons. The maximum atomic E-state index is 12.8. The van der Waals surface area contributed by atoms with Crippen molar-refractivity contribution in [2.45, 2.75) is 19.0 Å². The molecule has 0 fully saturated rings. The number of carbonyl (C=O) groups is 1. The molecule has 0 aliphatic heterocycles. The van der Waals surface area contributed by atoms with Gasteiger partial charge in [0.1, 0.15) is 0 Å². The van der Waals surface area contributed by atoms with Crippen molar-refractivity contribution >= 4 is 23.2 Å². The lowest BCUT2D eigenvalue weighted by Gasteiger charge is -2.06. The third kappa shape index (κ3) is 4.85. The lowest BCUT2D eigenvalue weighted by Crippen LogP contribution is -2.12. The number of alkyl halides is 3. The van der Waals surface area contributed by atoms with Gasteiger partial charge in [-0.2, -0.15) is 13.2 Å². The highest BCUT2D eigenvalue weighted by Crippen LogP contribution is 2.31. The van der Waals surface area contributed by atoms with Gasteiger partial charge < -0.3 is 9.73 Å². The Kier molecular flexibility index (Phi) is 5.46. The Morgan fingerprint density at radius 2 is 1.89 bits per heavy atom. The molecular formula is C18H13ClF3N3O2. The normalized spacial score (nSPS) is 11.4. The summed E-state index contributed by atoms with van der Waals surface area (Å²) in [5, 5.41) is 10.6. The Bertz CT molecular complexity index is 957. The molecule has 1 aromatic heterocycles. The first kappa shape index (κ1) is 18.9. The van der Waals surface area contributed by atoms with Crippen LogP contribution in [0, 0.1) is 0 Å². The summed E-state index contributed by atoms with van der Waals surface area (Å²) in [6.45, 7) is 0. The molecule has 0 aliphatic rings. The number of nitrogens with one attached hydrogen (secondary N) is 1. The number of carbonyl (C=O) groups excluding carboxylic acids is 1. The number of amides is 1. The standard InChI is InChI=1S/C18H13ClF3N3O2/c19-13-6-1-2-7-14(13)23-15(26)8-9-16-24-25-17(27-16)11-4-3-5-12(10-11)18(20,21)22/h1-7,10H,8-9H2,(H,23,26). The molecule has 0 bridgehead atoms. The molecule has 27 heavy (non-hydrogen) atoms. The van der Waals surface area contributed by atoms with Gasteiger partial charge in [0.05, 0.1) is 16.3 Å². The number of nitrogens with zero attached hydrogens (tertiary/aromatic N) is 2. The number of hydrogen-bond donors (Lipinski definition) is 1. The molecular weight excluding hydrogens is 383 g/mol. The van der Waals surface area contributed by atoms with Crippen LogP contribution in [0.1, 0.15) is 17.9 Å². The fourth-order valence-corrected chi connectivity index (χ4v) is 2.48. The van der Waals surface area contributed by atoms with Crippen LogP contribution < -0.4 is 5.32 Å². The summed E-state index contributed by atoms with van der Waals surface area (Å²) in [4.78, 5) is 12.0. The van der Waals surface area contributed by atoms with E-state index in [1.54, 1.807) is 24.3 Å². The second kappa shape index (κ2) is 7.79. The fraction of sp³-hybridized carbons (Fsp3) is 0.167. The van der Waals surface area contributed by atoms with Crippen LogP contribution in [0.25, 0.3) is 11.5 Å². The first-order valence-corrected chi connectivity index (χ1v) is 8.25. The maximum absolute atomic E-state index is 12.8. The van der Waals surface area contributed by atoms with Gasteiger partial charge in [-0.15, -0.1) is 10.2 Å². The van der Waals surface area contributed by atoms with E-state index in [4.69, 9.17) is 16.0 Å². The van der Waals surface area contributed by atoms with Crippen LogP contribution in [-0.4, -0.2) is 16.1 Å². The van der Waals surface area contributed by atoms with E-state index in [1.165, 1.54) is 12.1 Å². The van der Waals surface area contributed by atoms with Crippen molar-refractivity contribution < 1.29 is 22.4 Å². The van der Waals surface area contributed by atoms with Gasteiger partial charge in [0.15, 0.2) is 0 Å². The van der Waals surface area contributed by atoms with Gasteiger partial charge in [-0.1, -0.05) is 29.8 Å². The summed E-state index contributed by atoms with van der Waals surface area (Å²) in [6.07, 6.45) is -4.27. The number of aromatic nitrogens is 2. The van der Waals surface area contributed by atoms with E-state index in [2.05, 4.69) is 15.5 Å². The molecule has 0 saturated carbocycles. The largest absolute Gasteiger partial charge is 0.421 e. The first-order valence-electron chi connectivity index (χ1n) is 7.87. The quantitative estimate of drug-likeness (QED) is 0.661. The summed E-state index contributed by atoms with van der Waals surface area (Å²) >= 11 is 5.97. The topological polar surface area (TPSA) is 68.0 Å². The average molecular weight is 396 g/mol. The third-order valence-corrected chi connectivity index (χ3v) is 3.95. The summed E-state index contributed by atoms with van der Waals surface area (Å²) in [6, 6.07) is 11.4. The van der Waals surface area contributed by atoms with E-state index in [1.807, 2.05) is 0 Å². The lowest BCUT2D eigenvalue weighted by molar-refractivity contribution is -0.137. The van der Waals surface area contributed by atoms with Crippen molar-refractivity contribution in [3.05, 3.63) is 65.0 Å². The summed E-state index contributed by atoms with van der Waals surface area (Å²) in [5.74, 6) is -0.193. The molecule has 0 saturated heterocycles. The van der Waals surface area contributed by atoms with Crippen molar-refractivity contribution in [2.75, 3.05) is 5.32 Å². The zero-order valence-electron chi connectivity index (χ0n) is 13.8. The second-order valence-corrected chi connectivity index (χ2v) is 6.01. The molecule has 2 aromatic carbocycles. The molecule has 1 amide bonds. The van der Waals surface area contributed by atoms with Gasteiger partial charge in [0, 0.05) is 18.4 Å². The SMILES string of the molecule is O=C(CCc1nnc(-c2cccc(C(F)(F)F)c2)o1)Nc1ccccc1Cl. The predicted octanol–water partition coefficient (Wildman–Crippen LogP) is 4.98. The number of halogens is 4. The van der Waals surface area contributed by atoms with Crippen molar-refractivity contribution in [3.8, 4) is 11.5 Å². The van der Waals surface area contributed by atoms with Crippen LogP contribution >= 0.6 is 11.6 Å². The number of hydrogen-bond acceptors (Lipinski definition) is 4. The Morgan fingerprint density at radius 1 is 1.11 bits per heavy atom. The van der Waals surface area contributed by atoms with Crippen molar-refractivity contribution in [1.82, 2.24) is 10.2 Å². The molecule has 1 N–H and O–H groups in total. The third-order valence-electron chi connectivity index (χ3n) is 3.62. The average Bonchev–Trinajstić information content (AvgIpc) is 3.10. The van der Waals surface area contributed by atoms with Crippen LogP contribution in [-0.2, 0) is 17.4 Å². The highest BCUT2D eigenvalue weighted by atomic mass is 35.5. The van der Waals surface area contributed by atoms with Crippen LogP contribution in [0.15, 0.2) is 52.9 Å². The lowest BCUT2D eigenvalue weighted by atomic mass is 10.1. The van der Waals surface area contributed by atoms with Crippen LogP contribution in [0.2, 0.25) is 5.02 Å². The highest BCUT2D eigenvalue weighted by Gasteiger charge is 2.30. The predicted molar refractivity (Wildman–Crippen MR) is 93.1 cm³/mol. The molecule has 0 spiro atoms. The molecule has 3 aromatic rings. The molecule has 140 valence electrons. The van der Waals surface area contributed by atoms with Gasteiger partial charge in [-0.05, 0) is 30.3 Å². The number of rotatable bonds is 5. The van der Waals surface area contributed by atoms with Gasteiger partial charge in [-0.3, -0.25) is 4.79 Å². The Hall–Kier alpha value is -2.87. The van der Waals surface area contributed by atoms with Crippen LogP contribution in [0.4, 0.5) is 18.9 Å². The first-order chi connectivity index (χ1) is 12.8. The van der Waals surface area contributed by atoms with Gasteiger partial charge in [0.25, 0.3) is 0 Å². The van der Waals surface area contributed by atoms with E-state index in [-0.39, 0.29) is 36.1 Å². The molecule has 3 rings (SSSR count). The molecule has 1 heterocycles. The summed E-state index contributed by atoms with van der Waals surface area (Å²) in [7, 11) is 0. The molecule has 0 atom stereocenters. The molecule has 9 heteroatoms. The zero-order chi connectivity index (χ0) is 19.4. The van der Waals surface area contributed by atoms with E-state index in [0.717, 1.165) is 12.1 Å². The second-order valence-electron chi connectivity index (χ2n) is 5.61. The summed E-state index contributed by atoms with van der Waals surface area (Å²) < 4.78 is 43.7. The van der Waals surface area contributed by atoms with Crippen LogP contribution in [0.5, 0.6) is 0 Å². The molecule has 0 unspecified atom stereocenters. The summed E-state index contributed by atoms with van der Waals surface area (Å²) in [5.41, 5.74) is -0.165. The smallest absolute Gasteiger partial charge is 0.416 e. The van der Waals surface area contributed by atoms with Gasteiger partial charge in [0.2, 0.25) is 17.7 Å². The maximum Gasteiger partial charge on any atom is 0.416 e. The zero-order valence-corrected chi connectivity index (χ0v) is 14.5. The number of para-hydroxylation sites is 1. The molecule has 5 nitrogen and oxygen atoms in total. The number of anilines is 1. The van der Waals surface area contributed by atoms with Crippen molar-refractivity contribution in [2.24, 2.45) is 0 Å². The Balaban J connectivity index is 1.63. The van der Waals surface area contributed by atoms with Crippen molar-refractivity contribution in [1.29, 1.82) is 0 Å². The fourth-order valence-electron chi connectivity index (χ4n) is 2.30. The van der Waals surface area contributed by atoms with Gasteiger partial charge in [-0.25, -0.2) is 0 Å². The van der Waals surface area contributed by atoms with E-state index in [0.29, 0.717) is 10.7 Å². The molecule has 0 aliphatic carbocycles. The number of aryl methyl sites for hydroxylation is 1. The van der Waals surface area contributed by atoms with E-state index in [9.17, 15) is 18.0 Å². The van der Waals surface area contributed by atoms with Crippen molar-refractivity contribution in [3.63, 3.8) is 0 Å². The van der Waals surface area contributed by atoms with E-state index >= 15 is 0 Å². The number of benzene rings is 2. The minimum atomic E-state index is -4.46. The minimum absolute atomic E-state index is 0.0392. The van der Waals surface area contributed by atoms with E-state index < -0.39 is 11.7 Å². The highest BCUT2D eigenvalue weighted by molar-refractivity contribution is 6.33.